The van der Waals surface area contributed by atoms with E-state index in [4.69, 9.17) is 0 Å². The van der Waals surface area contributed by atoms with Crippen LogP contribution in [0.5, 0.6) is 0 Å². The number of nitrogens with zero attached hydrogens (tertiary/aromatic N) is 4. The zero-order valence-electron chi connectivity index (χ0n) is 15.2. The van der Waals surface area contributed by atoms with Crippen LogP contribution in [0.3, 0.4) is 0 Å². The first-order chi connectivity index (χ1) is 13.7. The van der Waals surface area contributed by atoms with E-state index >= 15 is 0 Å². The molecule has 0 aliphatic carbocycles. The lowest BCUT2D eigenvalue weighted by Crippen LogP contribution is -2.33. The van der Waals surface area contributed by atoms with Gasteiger partial charge in [0.15, 0.2) is 0 Å². The van der Waals surface area contributed by atoms with E-state index in [2.05, 4.69) is 15.4 Å². The third kappa shape index (κ3) is 3.68. The van der Waals surface area contributed by atoms with Crippen LogP contribution in [-0.2, 0) is 17.9 Å². The van der Waals surface area contributed by atoms with Gasteiger partial charge in [-0.3, -0.25) is 9.59 Å². The molecule has 2 aromatic heterocycles. The third-order valence-electron chi connectivity index (χ3n) is 4.47. The van der Waals surface area contributed by atoms with Crippen LogP contribution in [0.15, 0.2) is 78.0 Å². The van der Waals surface area contributed by atoms with Crippen molar-refractivity contribution in [2.75, 3.05) is 6.54 Å². The normalized spacial score (nSPS) is 10.9. The standard InChI is InChI=1S/C21H19N5O2/c27-19(15-25-12-10-23-20(25)16-6-2-1-3-7-16)22-11-13-26-21(28)18-9-5-4-8-17(18)14-24-26/h1-10,12,14H,11,13,15H2,(H,22,27). The molecule has 7 nitrogen and oxygen atoms in total. The van der Waals surface area contributed by atoms with Gasteiger partial charge in [0.1, 0.15) is 12.4 Å². The molecule has 4 rings (SSSR count). The third-order valence-corrected chi connectivity index (χ3v) is 4.47. The van der Waals surface area contributed by atoms with Crippen molar-refractivity contribution in [2.45, 2.75) is 13.1 Å². The molecule has 7 heteroatoms. The molecule has 0 saturated heterocycles. The van der Waals surface area contributed by atoms with Crippen molar-refractivity contribution in [3.63, 3.8) is 0 Å². The Bertz CT molecular complexity index is 1160. The number of nitrogens with one attached hydrogen (secondary N) is 1. The maximum absolute atomic E-state index is 12.4. The van der Waals surface area contributed by atoms with E-state index in [9.17, 15) is 9.59 Å². The molecular weight excluding hydrogens is 354 g/mol. The Hall–Kier alpha value is -3.74. The second kappa shape index (κ2) is 7.87. The van der Waals surface area contributed by atoms with Crippen LogP contribution in [0.25, 0.3) is 22.2 Å². The Morgan fingerprint density at radius 2 is 1.82 bits per heavy atom. The Balaban J connectivity index is 1.38. The number of imidazole rings is 1. The maximum Gasteiger partial charge on any atom is 0.274 e. The largest absolute Gasteiger partial charge is 0.353 e. The van der Waals surface area contributed by atoms with Gasteiger partial charge >= 0.3 is 0 Å². The second-order valence-corrected chi connectivity index (χ2v) is 6.35. The van der Waals surface area contributed by atoms with Crippen LogP contribution in [0, 0.1) is 0 Å². The summed E-state index contributed by atoms with van der Waals surface area (Å²) in [7, 11) is 0. The van der Waals surface area contributed by atoms with Crippen LogP contribution in [0.1, 0.15) is 0 Å². The highest BCUT2D eigenvalue weighted by atomic mass is 16.2. The van der Waals surface area contributed by atoms with Crippen LogP contribution >= 0.6 is 0 Å². The first kappa shape index (κ1) is 17.7. The minimum Gasteiger partial charge on any atom is -0.353 e. The van der Waals surface area contributed by atoms with Gasteiger partial charge in [-0.05, 0) is 6.07 Å². The molecule has 4 aromatic rings. The van der Waals surface area contributed by atoms with Crippen molar-refractivity contribution in [3.05, 3.63) is 83.5 Å². The Morgan fingerprint density at radius 3 is 2.68 bits per heavy atom. The molecule has 2 aromatic carbocycles. The van der Waals surface area contributed by atoms with E-state index in [1.54, 1.807) is 29.2 Å². The number of fused-ring (bicyclic) bond motifs is 1. The number of hydrogen-bond donors (Lipinski definition) is 1. The van der Waals surface area contributed by atoms with Crippen molar-refractivity contribution in [1.82, 2.24) is 24.6 Å². The summed E-state index contributed by atoms with van der Waals surface area (Å²) in [5, 5.41) is 8.43. The number of carbonyl (C=O) groups excluding carboxylic acids is 1. The van der Waals surface area contributed by atoms with Gasteiger partial charge < -0.3 is 9.88 Å². The quantitative estimate of drug-likeness (QED) is 0.561. The number of carbonyl (C=O) groups is 1. The summed E-state index contributed by atoms with van der Waals surface area (Å²) >= 11 is 0. The highest BCUT2D eigenvalue weighted by Crippen LogP contribution is 2.16. The topological polar surface area (TPSA) is 81.8 Å². The van der Waals surface area contributed by atoms with Crippen LogP contribution in [0.4, 0.5) is 0 Å². The molecule has 28 heavy (non-hydrogen) atoms. The van der Waals surface area contributed by atoms with Crippen molar-refractivity contribution in [1.29, 1.82) is 0 Å². The lowest BCUT2D eigenvalue weighted by atomic mass is 10.2. The van der Waals surface area contributed by atoms with Gasteiger partial charge in [-0.15, -0.1) is 0 Å². The van der Waals surface area contributed by atoms with Crippen molar-refractivity contribution >= 4 is 16.7 Å². The van der Waals surface area contributed by atoms with E-state index in [0.717, 1.165) is 16.8 Å². The molecule has 0 unspecified atom stereocenters. The van der Waals surface area contributed by atoms with Gasteiger partial charge in [-0.1, -0.05) is 48.5 Å². The second-order valence-electron chi connectivity index (χ2n) is 6.35. The lowest BCUT2D eigenvalue weighted by molar-refractivity contribution is -0.121. The van der Waals surface area contributed by atoms with Crippen molar-refractivity contribution in [3.8, 4) is 11.4 Å². The summed E-state index contributed by atoms with van der Waals surface area (Å²) in [5.74, 6) is 0.590. The maximum atomic E-state index is 12.4. The molecule has 0 atom stereocenters. The molecule has 1 N–H and O–H groups in total. The Labute approximate surface area is 161 Å². The number of rotatable bonds is 6. The Kier molecular flexibility index (Phi) is 4.97. The number of aromatic nitrogens is 4. The fourth-order valence-electron chi connectivity index (χ4n) is 3.08. The van der Waals surface area contributed by atoms with E-state index in [-0.39, 0.29) is 18.0 Å². The van der Waals surface area contributed by atoms with E-state index in [0.29, 0.717) is 18.5 Å². The fraction of sp³-hybridized carbons (Fsp3) is 0.143. The lowest BCUT2D eigenvalue weighted by Gasteiger charge is -2.10. The summed E-state index contributed by atoms with van der Waals surface area (Å²) in [6, 6.07) is 17.0. The summed E-state index contributed by atoms with van der Waals surface area (Å²) in [4.78, 5) is 29.1. The molecule has 0 radical (unpaired) electrons. The number of hydrogen-bond acceptors (Lipinski definition) is 4. The molecular formula is C21H19N5O2. The van der Waals surface area contributed by atoms with Crippen molar-refractivity contribution < 1.29 is 4.79 Å². The predicted octanol–water partition coefficient (Wildman–Crippen LogP) is 2.08. The van der Waals surface area contributed by atoms with Gasteiger partial charge in [0.05, 0.1) is 18.1 Å². The van der Waals surface area contributed by atoms with Gasteiger partial charge in [-0.25, -0.2) is 9.67 Å². The molecule has 0 saturated carbocycles. The van der Waals surface area contributed by atoms with E-state index < -0.39 is 0 Å². The minimum atomic E-state index is -0.159. The van der Waals surface area contributed by atoms with Crippen LogP contribution in [-0.4, -0.2) is 31.8 Å². The van der Waals surface area contributed by atoms with Gasteiger partial charge in [0, 0.05) is 29.9 Å². The van der Waals surface area contributed by atoms with Gasteiger partial charge in [-0.2, -0.15) is 5.10 Å². The highest BCUT2D eigenvalue weighted by Gasteiger charge is 2.10. The molecule has 0 fully saturated rings. The molecule has 1 amide bonds. The zero-order valence-corrected chi connectivity index (χ0v) is 15.2. The molecule has 140 valence electrons. The summed E-state index contributed by atoms with van der Waals surface area (Å²) in [6.07, 6.45) is 5.11. The van der Waals surface area contributed by atoms with Gasteiger partial charge in [0.2, 0.25) is 5.91 Å². The average molecular weight is 373 g/mol. The molecule has 0 bridgehead atoms. The molecule has 0 spiro atoms. The van der Waals surface area contributed by atoms with Crippen LogP contribution in [0.2, 0.25) is 0 Å². The molecule has 2 heterocycles. The predicted molar refractivity (Wildman–Crippen MR) is 107 cm³/mol. The van der Waals surface area contributed by atoms with Crippen molar-refractivity contribution in [2.24, 2.45) is 0 Å². The number of amides is 1. The summed E-state index contributed by atoms with van der Waals surface area (Å²) in [5.41, 5.74) is 0.792. The summed E-state index contributed by atoms with van der Waals surface area (Å²) in [6.45, 7) is 0.786. The molecule has 0 aliphatic heterocycles. The monoisotopic (exact) mass is 373 g/mol. The molecule has 0 aliphatic rings. The van der Waals surface area contributed by atoms with E-state index in [1.165, 1.54) is 4.68 Å². The van der Waals surface area contributed by atoms with E-state index in [1.807, 2.05) is 48.5 Å². The SMILES string of the molecule is O=C(Cn1ccnc1-c1ccccc1)NCCn1ncc2ccccc2c1=O. The summed E-state index contributed by atoms with van der Waals surface area (Å²) < 4.78 is 3.17. The van der Waals surface area contributed by atoms with Gasteiger partial charge in [0.25, 0.3) is 5.56 Å². The minimum absolute atomic E-state index is 0.149. The zero-order chi connectivity index (χ0) is 19.3. The fourth-order valence-corrected chi connectivity index (χ4v) is 3.08. The highest BCUT2D eigenvalue weighted by molar-refractivity contribution is 5.80. The first-order valence-corrected chi connectivity index (χ1v) is 9.00. The first-order valence-electron chi connectivity index (χ1n) is 9.00. The Morgan fingerprint density at radius 1 is 1.04 bits per heavy atom. The average Bonchev–Trinajstić information content (AvgIpc) is 3.18. The van der Waals surface area contributed by atoms with Crippen LogP contribution < -0.4 is 10.9 Å². The smallest absolute Gasteiger partial charge is 0.274 e. The number of benzene rings is 2.